The molecule has 7 heteroatoms. The molecule has 1 N–H and O–H groups in total. The highest BCUT2D eigenvalue weighted by Gasteiger charge is 2.12. The van der Waals surface area contributed by atoms with Crippen LogP contribution in [0.25, 0.3) is 5.69 Å². The fraction of sp³-hybridized carbons (Fsp3) is 0. The van der Waals surface area contributed by atoms with Crippen molar-refractivity contribution in [2.45, 2.75) is 0 Å². The van der Waals surface area contributed by atoms with Crippen molar-refractivity contribution < 1.29 is 0 Å². The van der Waals surface area contributed by atoms with Crippen LogP contribution in [0.2, 0.25) is 5.15 Å². The zero-order valence-electron chi connectivity index (χ0n) is 8.21. The maximum absolute atomic E-state index is 11.8. The molecule has 1 heterocycles. The van der Waals surface area contributed by atoms with Crippen LogP contribution in [0.1, 0.15) is 0 Å². The van der Waals surface area contributed by atoms with Gasteiger partial charge in [-0.1, -0.05) is 17.7 Å². The van der Waals surface area contributed by atoms with Crippen LogP contribution in [0.15, 0.2) is 42.8 Å². The Balaban J connectivity index is 2.88. The van der Waals surface area contributed by atoms with E-state index in [9.17, 15) is 9.59 Å². The summed E-state index contributed by atoms with van der Waals surface area (Å²) in [4.78, 5) is 25.9. The van der Waals surface area contributed by atoms with E-state index >= 15 is 0 Å². The third kappa shape index (κ3) is 2.38. The number of H-pyrrole nitrogens is 1. The van der Waals surface area contributed by atoms with E-state index < -0.39 is 11.2 Å². The summed E-state index contributed by atoms with van der Waals surface area (Å²) in [5, 5.41) is 0.0134. The highest BCUT2D eigenvalue weighted by molar-refractivity contribution is 9.11. The molecular formula is C10H5Br2ClN2O2. The smallest absolute Gasteiger partial charge is 0.297 e. The number of para-hydroxylation sites is 1. The minimum Gasteiger partial charge on any atom is -0.297 e. The number of benzene rings is 1. The van der Waals surface area contributed by atoms with Gasteiger partial charge in [-0.2, -0.15) is 0 Å². The Morgan fingerprint density at radius 1 is 1.18 bits per heavy atom. The summed E-state index contributed by atoms with van der Waals surface area (Å²) >= 11 is 12.2. The summed E-state index contributed by atoms with van der Waals surface area (Å²) in [5.41, 5.74) is -0.642. The van der Waals surface area contributed by atoms with E-state index in [-0.39, 0.29) is 5.15 Å². The summed E-state index contributed by atoms with van der Waals surface area (Å²) in [6.07, 6.45) is 0. The average molecular weight is 380 g/mol. The molecule has 2 rings (SSSR count). The van der Waals surface area contributed by atoms with Gasteiger partial charge in [0.05, 0.1) is 5.69 Å². The Hall–Kier alpha value is -0.850. The highest BCUT2D eigenvalue weighted by atomic mass is 79.9. The lowest BCUT2D eigenvalue weighted by Gasteiger charge is -2.08. The zero-order valence-corrected chi connectivity index (χ0v) is 12.1. The molecule has 0 saturated carbocycles. The van der Waals surface area contributed by atoms with E-state index in [1.807, 2.05) is 0 Å². The van der Waals surface area contributed by atoms with Crippen molar-refractivity contribution in [1.82, 2.24) is 9.55 Å². The van der Waals surface area contributed by atoms with Crippen LogP contribution < -0.4 is 11.2 Å². The molecule has 0 saturated heterocycles. The van der Waals surface area contributed by atoms with Gasteiger partial charge >= 0.3 is 5.69 Å². The first-order chi connectivity index (χ1) is 8.00. The van der Waals surface area contributed by atoms with E-state index in [1.54, 1.807) is 18.2 Å². The topological polar surface area (TPSA) is 54.9 Å². The maximum Gasteiger partial charge on any atom is 0.334 e. The molecule has 1 aromatic carbocycles. The fourth-order valence-electron chi connectivity index (χ4n) is 1.38. The Kier molecular flexibility index (Phi) is 3.56. The first-order valence-electron chi connectivity index (χ1n) is 4.47. The van der Waals surface area contributed by atoms with Crippen molar-refractivity contribution >= 4 is 43.5 Å². The van der Waals surface area contributed by atoms with Crippen LogP contribution in [0.3, 0.4) is 0 Å². The van der Waals surface area contributed by atoms with Crippen molar-refractivity contribution in [3.05, 3.63) is 59.2 Å². The maximum atomic E-state index is 11.8. The standard InChI is InChI=1S/C10H5Br2ClN2O2/c11-5-2-1-3-6(12)9(5)15-8(16)4-7(13)14-10(15)17/h1-4H,(H,14,17). The molecule has 1 aromatic heterocycles. The van der Waals surface area contributed by atoms with Gasteiger partial charge in [-0.15, -0.1) is 0 Å². The highest BCUT2D eigenvalue weighted by Crippen LogP contribution is 2.26. The van der Waals surface area contributed by atoms with E-state index in [1.165, 1.54) is 0 Å². The van der Waals surface area contributed by atoms with Gasteiger partial charge < -0.3 is 0 Å². The van der Waals surface area contributed by atoms with E-state index in [4.69, 9.17) is 11.6 Å². The molecule has 2 aromatic rings. The van der Waals surface area contributed by atoms with Crippen LogP contribution in [-0.2, 0) is 0 Å². The number of nitrogens with one attached hydrogen (secondary N) is 1. The number of hydrogen-bond donors (Lipinski definition) is 1. The van der Waals surface area contributed by atoms with E-state index in [0.29, 0.717) is 14.6 Å². The van der Waals surface area contributed by atoms with Crippen molar-refractivity contribution in [2.75, 3.05) is 0 Å². The zero-order chi connectivity index (χ0) is 12.6. The van der Waals surface area contributed by atoms with E-state index in [0.717, 1.165) is 10.6 Å². The normalized spacial score (nSPS) is 10.5. The molecule has 0 radical (unpaired) electrons. The summed E-state index contributed by atoms with van der Waals surface area (Å²) < 4.78 is 2.25. The molecule has 0 bridgehead atoms. The molecule has 0 aliphatic heterocycles. The SMILES string of the molecule is O=c1cc(Cl)[nH]c(=O)n1-c1c(Br)cccc1Br. The van der Waals surface area contributed by atoms with Gasteiger partial charge in [0.1, 0.15) is 5.15 Å². The molecule has 0 aliphatic rings. The van der Waals surface area contributed by atoms with Gasteiger partial charge in [0.2, 0.25) is 0 Å². The molecule has 0 atom stereocenters. The predicted molar refractivity (Wildman–Crippen MR) is 73.1 cm³/mol. The second kappa shape index (κ2) is 4.80. The monoisotopic (exact) mass is 378 g/mol. The lowest BCUT2D eigenvalue weighted by atomic mass is 10.3. The number of halogens is 3. The quantitative estimate of drug-likeness (QED) is 0.774. The number of nitrogens with zero attached hydrogens (tertiary/aromatic N) is 1. The van der Waals surface area contributed by atoms with Crippen molar-refractivity contribution in [1.29, 1.82) is 0 Å². The van der Waals surface area contributed by atoms with Gasteiger partial charge in [0.25, 0.3) is 5.56 Å². The first-order valence-corrected chi connectivity index (χ1v) is 6.43. The van der Waals surface area contributed by atoms with Crippen molar-refractivity contribution in [3.63, 3.8) is 0 Å². The van der Waals surface area contributed by atoms with Crippen LogP contribution in [0, 0.1) is 0 Å². The lowest BCUT2D eigenvalue weighted by molar-refractivity contribution is 0.868. The molecule has 0 fully saturated rings. The molecule has 0 spiro atoms. The first kappa shape index (κ1) is 12.6. The van der Waals surface area contributed by atoms with Crippen LogP contribution in [-0.4, -0.2) is 9.55 Å². The molecule has 17 heavy (non-hydrogen) atoms. The van der Waals surface area contributed by atoms with Gasteiger partial charge in [-0.3, -0.25) is 9.78 Å². The fourth-order valence-corrected chi connectivity index (χ4v) is 2.91. The predicted octanol–water partition coefficient (Wildman–Crippen LogP) is 2.70. The van der Waals surface area contributed by atoms with Gasteiger partial charge in [-0.05, 0) is 44.0 Å². The summed E-state index contributed by atoms with van der Waals surface area (Å²) in [5.74, 6) is 0. The van der Waals surface area contributed by atoms with Crippen molar-refractivity contribution in [2.24, 2.45) is 0 Å². The second-order valence-electron chi connectivity index (χ2n) is 3.17. The molecular weight excluding hydrogens is 375 g/mol. The van der Waals surface area contributed by atoms with Crippen LogP contribution in [0.4, 0.5) is 0 Å². The second-order valence-corrected chi connectivity index (χ2v) is 5.28. The van der Waals surface area contributed by atoms with Gasteiger partial charge in [0.15, 0.2) is 0 Å². The van der Waals surface area contributed by atoms with Crippen LogP contribution >= 0.6 is 43.5 Å². The Morgan fingerprint density at radius 2 is 1.76 bits per heavy atom. The molecule has 0 amide bonds. The Morgan fingerprint density at radius 3 is 2.29 bits per heavy atom. The molecule has 0 aliphatic carbocycles. The number of rotatable bonds is 1. The third-order valence-electron chi connectivity index (χ3n) is 2.06. The minimum atomic E-state index is -0.588. The Bertz CT molecular complexity index is 642. The van der Waals surface area contributed by atoms with E-state index in [2.05, 4.69) is 36.8 Å². The average Bonchev–Trinajstić information content (AvgIpc) is 2.21. The largest absolute Gasteiger partial charge is 0.334 e. The molecule has 4 nitrogen and oxygen atoms in total. The van der Waals surface area contributed by atoms with Gasteiger partial charge in [0, 0.05) is 15.0 Å². The third-order valence-corrected chi connectivity index (χ3v) is 3.54. The number of aromatic nitrogens is 2. The number of hydrogen-bond acceptors (Lipinski definition) is 2. The van der Waals surface area contributed by atoms with Crippen LogP contribution in [0.5, 0.6) is 0 Å². The summed E-state index contributed by atoms with van der Waals surface area (Å²) in [6.45, 7) is 0. The summed E-state index contributed by atoms with van der Waals surface area (Å²) in [7, 11) is 0. The van der Waals surface area contributed by atoms with Crippen molar-refractivity contribution in [3.8, 4) is 5.69 Å². The summed E-state index contributed by atoms with van der Waals surface area (Å²) in [6, 6.07) is 6.41. The number of aromatic amines is 1. The molecule has 0 unspecified atom stereocenters. The Labute approximate surface area is 117 Å². The van der Waals surface area contributed by atoms with Gasteiger partial charge in [-0.25, -0.2) is 9.36 Å². The molecule has 88 valence electrons. The lowest BCUT2D eigenvalue weighted by Crippen LogP contribution is -2.33. The minimum absolute atomic E-state index is 0.0134.